The molecule has 3 aromatic carbocycles. The van der Waals surface area contributed by atoms with Gasteiger partial charge in [0.25, 0.3) is 10.0 Å². The number of benzene rings is 3. The summed E-state index contributed by atoms with van der Waals surface area (Å²) in [5, 5.41) is 2.69. The number of aromatic nitrogens is 1. The van der Waals surface area contributed by atoms with Gasteiger partial charge in [0, 0.05) is 17.5 Å². The summed E-state index contributed by atoms with van der Waals surface area (Å²) in [6, 6.07) is 24.5. The van der Waals surface area contributed by atoms with Gasteiger partial charge < -0.3 is 4.74 Å². The number of ether oxygens (including phenoxy) is 1. The summed E-state index contributed by atoms with van der Waals surface area (Å²) in [7, 11) is -3.84. The van der Waals surface area contributed by atoms with E-state index in [2.05, 4.69) is 4.98 Å². The van der Waals surface area contributed by atoms with Crippen LogP contribution in [0.2, 0.25) is 0 Å². The van der Waals surface area contributed by atoms with Crippen molar-refractivity contribution < 1.29 is 17.9 Å². The predicted molar refractivity (Wildman–Crippen MR) is 130 cm³/mol. The minimum Gasteiger partial charge on any atom is -0.456 e. The van der Waals surface area contributed by atoms with Crippen LogP contribution in [-0.2, 0) is 21.4 Å². The lowest BCUT2D eigenvalue weighted by Crippen LogP contribution is -2.30. The van der Waals surface area contributed by atoms with Crippen LogP contribution >= 0.6 is 11.3 Å². The molecule has 1 aromatic heterocycles. The number of hydrogen-bond donors (Lipinski definition) is 0. The molecule has 0 bridgehead atoms. The second-order valence-corrected chi connectivity index (χ2v) is 9.84. The zero-order valence-electron chi connectivity index (χ0n) is 17.9. The Morgan fingerprint density at radius 3 is 2.36 bits per heavy atom. The highest BCUT2D eigenvalue weighted by Crippen LogP contribution is 2.25. The molecule has 0 amide bonds. The summed E-state index contributed by atoms with van der Waals surface area (Å²) in [6.07, 6.45) is 0. The average Bonchev–Trinajstić information content (AvgIpc) is 3.33. The van der Waals surface area contributed by atoms with Crippen molar-refractivity contribution in [1.82, 2.24) is 4.98 Å². The monoisotopic (exact) mass is 478 g/mol. The van der Waals surface area contributed by atoms with Crippen LogP contribution in [0.25, 0.3) is 10.6 Å². The van der Waals surface area contributed by atoms with Crippen molar-refractivity contribution in [2.24, 2.45) is 0 Å². The van der Waals surface area contributed by atoms with Crippen molar-refractivity contribution in [2.75, 3.05) is 10.8 Å². The Kier molecular flexibility index (Phi) is 6.86. The van der Waals surface area contributed by atoms with Gasteiger partial charge in [-0.25, -0.2) is 18.2 Å². The second-order valence-electron chi connectivity index (χ2n) is 7.12. The normalized spacial score (nSPS) is 11.2. The smallest absolute Gasteiger partial charge is 0.338 e. The molecule has 168 valence electrons. The van der Waals surface area contributed by atoms with E-state index in [-0.39, 0.29) is 23.6 Å². The number of sulfonamides is 1. The number of para-hydroxylation sites is 1. The summed E-state index contributed by atoms with van der Waals surface area (Å²) in [5.41, 5.74) is 2.36. The molecule has 0 aliphatic rings. The van der Waals surface area contributed by atoms with Crippen molar-refractivity contribution in [3.05, 3.63) is 102 Å². The van der Waals surface area contributed by atoms with Crippen LogP contribution in [0, 0.1) is 0 Å². The maximum Gasteiger partial charge on any atom is 0.338 e. The zero-order chi connectivity index (χ0) is 23.3. The molecule has 8 heteroatoms. The van der Waals surface area contributed by atoms with Crippen LogP contribution in [0.5, 0.6) is 0 Å². The molecule has 0 fully saturated rings. The van der Waals surface area contributed by atoms with E-state index in [4.69, 9.17) is 4.74 Å². The quantitative estimate of drug-likeness (QED) is 0.318. The van der Waals surface area contributed by atoms with Gasteiger partial charge in [0.05, 0.1) is 21.8 Å². The molecule has 0 saturated heterocycles. The van der Waals surface area contributed by atoms with E-state index in [1.807, 2.05) is 41.8 Å². The Hall–Kier alpha value is -3.49. The molecule has 6 nitrogen and oxygen atoms in total. The summed E-state index contributed by atoms with van der Waals surface area (Å²) in [5.74, 6) is -0.607. The molecule has 0 aliphatic heterocycles. The SMILES string of the molecule is CCN(c1ccccc1)S(=O)(=O)c1cccc(C(=O)OCc2csc(-c3ccccc3)n2)c1. The third-order valence-electron chi connectivity index (χ3n) is 4.91. The first-order valence-electron chi connectivity index (χ1n) is 10.3. The fourth-order valence-electron chi connectivity index (χ4n) is 3.31. The Balaban J connectivity index is 1.48. The number of carbonyl (C=O) groups excluding carboxylic acids is 1. The van der Waals surface area contributed by atoms with Crippen molar-refractivity contribution in [1.29, 1.82) is 0 Å². The highest BCUT2D eigenvalue weighted by atomic mass is 32.2. The Labute approximate surface area is 197 Å². The van der Waals surface area contributed by atoms with E-state index in [0.717, 1.165) is 10.6 Å². The van der Waals surface area contributed by atoms with Gasteiger partial charge in [-0.05, 0) is 37.3 Å². The topological polar surface area (TPSA) is 76.6 Å². The van der Waals surface area contributed by atoms with Gasteiger partial charge in [0.15, 0.2) is 0 Å². The standard InChI is InChI=1S/C25H22N2O4S2/c1-2-27(22-13-7-4-8-14-22)33(29,30)23-15-9-12-20(16-23)25(28)31-17-21-18-32-24(26-21)19-10-5-3-6-11-19/h3-16,18H,2,17H2,1H3. The number of hydrogen-bond acceptors (Lipinski definition) is 6. The molecule has 4 aromatic rings. The third kappa shape index (κ3) is 5.13. The molecular weight excluding hydrogens is 456 g/mol. The summed E-state index contributed by atoms with van der Waals surface area (Å²) in [4.78, 5) is 17.2. The van der Waals surface area contributed by atoms with E-state index >= 15 is 0 Å². The highest BCUT2D eigenvalue weighted by Gasteiger charge is 2.24. The van der Waals surface area contributed by atoms with Gasteiger partial charge in [-0.2, -0.15) is 0 Å². The van der Waals surface area contributed by atoms with Crippen LogP contribution in [0.15, 0.2) is 95.2 Å². The van der Waals surface area contributed by atoms with Crippen LogP contribution < -0.4 is 4.31 Å². The first kappa shape index (κ1) is 22.7. The molecule has 0 N–H and O–H groups in total. The Bertz CT molecular complexity index is 1340. The summed E-state index contributed by atoms with van der Waals surface area (Å²) < 4.78 is 33.1. The lowest BCUT2D eigenvalue weighted by molar-refractivity contribution is 0.0468. The number of esters is 1. The maximum absolute atomic E-state index is 13.2. The van der Waals surface area contributed by atoms with Gasteiger partial charge in [-0.1, -0.05) is 54.6 Å². The van der Waals surface area contributed by atoms with Crippen LogP contribution in [-0.4, -0.2) is 25.9 Å². The number of anilines is 1. The van der Waals surface area contributed by atoms with E-state index in [1.54, 1.807) is 37.3 Å². The second kappa shape index (κ2) is 9.97. The minimum absolute atomic E-state index is 0.00421. The predicted octanol–water partition coefficient (Wildman–Crippen LogP) is 5.38. The molecule has 0 aliphatic carbocycles. The fourth-order valence-corrected chi connectivity index (χ4v) is 5.64. The number of nitrogens with zero attached hydrogens (tertiary/aromatic N) is 2. The molecule has 1 heterocycles. The number of carbonyl (C=O) groups is 1. The van der Waals surface area contributed by atoms with E-state index in [1.165, 1.54) is 33.8 Å². The van der Waals surface area contributed by atoms with Crippen molar-refractivity contribution in [3.63, 3.8) is 0 Å². The highest BCUT2D eigenvalue weighted by molar-refractivity contribution is 7.92. The molecule has 33 heavy (non-hydrogen) atoms. The molecule has 0 spiro atoms. The average molecular weight is 479 g/mol. The number of rotatable bonds is 8. The van der Waals surface area contributed by atoms with E-state index in [0.29, 0.717) is 11.4 Å². The molecule has 0 radical (unpaired) electrons. The van der Waals surface area contributed by atoms with E-state index < -0.39 is 16.0 Å². The summed E-state index contributed by atoms with van der Waals surface area (Å²) >= 11 is 1.47. The van der Waals surface area contributed by atoms with E-state index in [9.17, 15) is 13.2 Å². The minimum atomic E-state index is -3.84. The first-order chi connectivity index (χ1) is 16.0. The Morgan fingerprint density at radius 1 is 0.970 bits per heavy atom. The van der Waals surface area contributed by atoms with Crippen LogP contribution in [0.4, 0.5) is 5.69 Å². The molecular formula is C25H22N2O4S2. The van der Waals surface area contributed by atoms with Crippen LogP contribution in [0.3, 0.4) is 0 Å². The van der Waals surface area contributed by atoms with Gasteiger partial charge in [-0.15, -0.1) is 11.3 Å². The van der Waals surface area contributed by atoms with Gasteiger partial charge in [-0.3, -0.25) is 4.31 Å². The van der Waals surface area contributed by atoms with Crippen molar-refractivity contribution in [2.45, 2.75) is 18.4 Å². The molecule has 0 unspecified atom stereocenters. The van der Waals surface area contributed by atoms with Gasteiger partial charge >= 0.3 is 5.97 Å². The number of thiazole rings is 1. The Morgan fingerprint density at radius 2 is 1.67 bits per heavy atom. The van der Waals surface area contributed by atoms with Crippen LogP contribution in [0.1, 0.15) is 23.0 Å². The first-order valence-corrected chi connectivity index (χ1v) is 12.7. The largest absolute Gasteiger partial charge is 0.456 e. The fraction of sp³-hybridized carbons (Fsp3) is 0.120. The zero-order valence-corrected chi connectivity index (χ0v) is 19.6. The summed E-state index contributed by atoms with van der Waals surface area (Å²) in [6.45, 7) is 2.03. The lowest BCUT2D eigenvalue weighted by Gasteiger charge is -2.23. The lowest BCUT2D eigenvalue weighted by atomic mass is 10.2. The van der Waals surface area contributed by atoms with Crippen molar-refractivity contribution in [3.8, 4) is 10.6 Å². The molecule has 4 rings (SSSR count). The third-order valence-corrected chi connectivity index (χ3v) is 7.75. The van der Waals surface area contributed by atoms with Gasteiger partial charge in [0.2, 0.25) is 0 Å². The molecule has 0 saturated carbocycles. The maximum atomic E-state index is 13.2. The van der Waals surface area contributed by atoms with Gasteiger partial charge in [0.1, 0.15) is 11.6 Å². The van der Waals surface area contributed by atoms with Crippen molar-refractivity contribution >= 4 is 33.0 Å². The molecule has 0 atom stereocenters.